The van der Waals surface area contributed by atoms with Crippen molar-refractivity contribution in [1.29, 1.82) is 0 Å². The second-order valence-corrected chi connectivity index (χ2v) is 20.8. The Balaban J connectivity index is 0.745. The number of fused-ring (bicyclic) bond motifs is 3. The topological polar surface area (TPSA) is 127 Å². The van der Waals surface area contributed by atoms with Crippen LogP contribution in [0.4, 0.5) is 15.8 Å². The van der Waals surface area contributed by atoms with E-state index in [4.69, 9.17) is 23.2 Å². The summed E-state index contributed by atoms with van der Waals surface area (Å²) in [6.45, 7) is 6.63. The number of piperidine rings is 4. The maximum atomic E-state index is 16.4. The fraction of sp³-hybridized carbons (Fsp3) is 0.580. The Bertz CT molecular complexity index is 2280. The van der Waals surface area contributed by atoms with E-state index in [2.05, 4.69) is 36.8 Å². The van der Waals surface area contributed by atoms with Gasteiger partial charge in [-0.05, 0) is 136 Å². The molecule has 7 aliphatic rings. The highest BCUT2D eigenvalue weighted by Gasteiger charge is 2.72. The van der Waals surface area contributed by atoms with Gasteiger partial charge < -0.3 is 20.0 Å². The summed E-state index contributed by atoms with van der Waals surface area (Å²) < 4.78 is 16.4. The minimum absolute atomic E-state index is 0.0170. The number of pyridine rings is 1. The molecule has 1 aliphatic carbocycles. The molecule has 64 heavy (non-hydrogen) atoms. The molecular weight excluding hydrogens is 852 g/mol. The van der Waals surface area contributed by atoms with Crippen molar-refractivity contribution < 1.29 is 23.6 Å². The number of amides is 4. The molecule has 11 nitrogen and oxygen atoms in total. The molecule has 6 fully saturated rings. The van der Waals surface area contributed by atoms with Crippen LogP contribution in [-0.2, 0) is 24.6 Å². The number of nitrogens with one attached hydrogen (secondary N) is 3. The number of hydrogen-bond acceptors (Lipinski definition) is 8. The average Bonchev–Trinajstić information content (AvgIpc) is 3.75. The molecule has 2 unspecified atom stereocenters. The Morgan fingerprint density at radius 1 is 0.812 bits per heavy atom. The molecule has 2 aromatic carbocycles. The molecule has 10 rings (SSSR count). The standard InChI is InChI=1S/C50H60Cl2FN7O4/c51-35-7-9-39-41(27-35)55-48(64)50(39)43(38-5-4-6-40(52)44(38)53)45(57-49(50)17-2-1-3-18-49)47(63)60-23-13-32(14-24-60)25-31-11-19-58(20-12-31)30-33-15-21-59(22-16-33)36-26-34(28-54-29-36)37-8-10-42(61)56-46(37)62/h4-7,9,26-29,31-33,37,43,45,57H,1-3,8,10-25,30H2,(H,55,64)(H,56,61,62)/t37?,43?,45-,50-/m1/s1. The molecule has 6 aliphatic heterocycles. The van der Waals surface area contributed by atoms with Gasteiger partial charge in [-0.3, -0.25) is 34.8 Å². The number of anilines is 2. The lowest BCUT2D eigenvalue weighted by atomic mass is 9.55. The molecule has 340 valence electrons. The molecule has 4 amide bonds. The second kappa shape index (κ2) is 17.9. The van der Waals surface area contributed by atoms with Crippen molar-refractivity contribution in [3.63, 3.8) is 0 Å². The largest absolute Gasteiger partial charge is 0.370 e. The third kappa shape index (κ3) is 7.91. The number of likely N-dealkylation sites (tertiary alicyclic amines) is 2. The number of hydrogen-bond donors (Lipinski definition) is 3. The van der Waals surface area contributed by atoms with E-state index in [9.17, 15) is 14.4 Å². The Kier molecular flexibility index (Phi) is 12.3. The van der Waals surface area contributed by atoms with Crippen LogP contribution in [0.25, 0.3) is 0 Å². The van der Waals surface area contributed by atoms with Gasteiger partial charge in [0.15, 0.2) is 0 Å². The molecule has 0 bridgehead atoms. The SMILES string of the molecule is O=C1CCC(c2cncc(N3CCC(CN4CCC(CC5CCN(C(=O)[C@@H]6NC7(CCCCC7)[C@@]7(C(=O)Nc8cc(Cl)ccc87)C6c6cccc(Cl)c6F)CC5)CC4)CC3)c2)C(=O)N1. The van der Waals surface area contributed by atoms with E-state index in [1.165, 1.54) is 25.3 Å². The molecular formula is C50H60Cl2FN7O4. The van der Waals surface area contributed by atoms with Gasteiger partial charge in [0.05, 0.1) is 28.9 Å². The van der Waals surface area contributed by atoms with Gasteiger partial charge in [-0.25, -0.2) is 4.39 Å². The summed E-state index contributed by atoms with van der Waals surface area (Å²) in [4.78, 5) is 65.4. The summed E-state index contributed by atoms with van der Waals surface area (Å²) in [5.41, 5.74) is 1.67. The fourth-order valence-corrected chi connectivity index (χ4v) is 13.6. The van der Waals surface area contributed by atoms with Crippen LogP contribution in [0.5, 0.6) is 0 Å². The van der Waals surface area contributed by atoms with E-state index in [0.717, 1.165) is 94.5 Å². The highest BCUT2D eigenvalue weighted by atomic mass is 35.5. The van der Waals surface area contributed by atoms with Crippen molar-refractivity contribution in [1.82, 2.24) is 25.4 Å². The van der Waals surface area contributed by atoms with Gasteiger partial charge >= 0.3 is 0 Å². The van der Waals surface area contributed by atoms with Crippen LogP contribution in [0.1, 0.15) is 118 Å². The molecule has 7 heterocycles. The minimum Gasteiger partial charge on any atom is -0.370 e. The highest BCUT2D eigenvalue weighted by Crippen LogP contribution is 2.63. The molecule has 14 heteroatoms. The molecule has 1 saturated carbocycles. The first kappa shape index (κ1) is 43.8. The Morgan fingerprint density at radius 3 is 2.27 bits per heavy atom. The van der Waals surface area contributed by atoms with Crippen molar-refractivity contribution in [2.75, 3.05) is 56.0 Å². The predicted octanol–water partition coefficient (Wildman–Crippen LogP) is 7.95. The maximum Gasteiger partial charge on any atom is 0.240 e. The average molecular weight is 913 g/mol. The first-order valence-electron chi connectivity index (χ1n) is 23.9. The van der Waals surface area contributed by atoms with Gasteiger partial charge in [0.25, 0.3) is 0 Å². The lowest BCUT2D eigenvalue weighted by Gasteiger charge is -2.47. The summed E-state index contributed by atoms with van der Waals surface area (Å²) in [7, 11) is 0. The van der Waals surface area contributed by atoms with Crippen molar-refractivity contribution in [3.05, 3.63) is 87.4 Å². The predicted molar refractivity (Wildman–Crippen MR) is 246 cm³/mol. The number of aromatic nitrogens is 1. The lowest BCUT2D eigenvalue weighted by molar-refractivity contribution is -0.136. The molecule has 2 spiro atoms. The summed E-state index contributed by atoms with van der Waals surface area (Å²) in [5.74, 6) is -0.507. The Labute approximate surface area is 385 Å². The number of benzene rings is 2. The summed E-state index contributed by atoms with van der Waals surface area (Å²) in [6.07, 6.45) is 16.5. The van der Waals surface area contributed by atoms with E-state index in [-0.39, 0.29) is 34.6 Å². The number of imide groups is 1. The van der Waals surface area contributed by atoms with Gasteiger partial charge in [-0.1, -0.05) is 60.7 Å². The van der Waals surface area contributed by atoms with Gasteiger partial charge in [0, 0.05) is 67.5 Å². The fourth-order valence-electron chi connectivity index (χ4n) is 13.2. The lowest BCUT2D eigenvalue weighted by Crippen LogP contribution is -2.60. The van der Waals surface area contributed by atoms with Crippen LogP contribution in [0.15, 0.2) is 54.9 Å². The van der Waals surface area contributed by atoms with E-state index >= 15 is 9.18 Å². The van der Waals surface area contributed by atoms with Crippen LogP contribution < -0.4 is 20.9 Å². The molecule has 3 aromatic rings. The van der Waals surface area contributed by atoms with Crippen molar-refractivity contribution in [2.24, 2.45) is 17.8 Å². The second-order valence-electron chi connectivity index (χ2n) is 20.0. The van der Waals surface area contributed by atoms with Crippen LogP contribution in [0.2, 0.25) is 10.0 Å². The third-order valence-electron chi connectivity index (χ3n) is 16.5. The highest BCUT2D eigenvalue weighted by molar-refractivity contribution is 6.31. The van der Waals surface area contributed by atoms with Crippen molar-refractivity contribution >= 4 is 58.2 Å². The molecule has 1 aromatic heterocycles. The van der Waals surface area contributed by atoms with Crippen LogP contribution in [-0.4, -0.2) is 95.8 Å². The van der Waals surface area contributed by atoms with Gasteiger partial charge in [0.2, 0.25) is 23.6 Å². The first-order valence-corrected chi connectivity index (χ1v) is 24.7. The molecule has 5 saturated heterocycles. The number of nitrogens with zero attached hydrogens (tertiary/aromatic N) is 4. The maximum absolute atomic E-state index is 16.4. The molecule has 3 N–H and O–H groups in total. The smallest absolute Gasteiger partial charge is 0.240 e. The van der Waals surface area contributed by atoms with Crippen LogP contribution in [0.3, 0.4) is 0 Å². The number of carbonyl (C=O) groups excluding carboxylic acids is 4. The quantitative estimate of drug-likeness (QED) is 0.195. The third-order valence-corrected chi connectivity index (χ3v) is 17.0. The van der Waals surface area contributed by atoms with Gasteiger partial charge in [-0.2, -0.15) is 0 Å². The normalized spacial score (nSPS) is 28.2. The van der Waals surface area contributed by atoms with Crippen molar-refractivity contribution in [3.8, 4) is 0 Å². The molecule has 0 radical (unpaired) electrons. The Hall–Kier alpha value is -4.10. The van der Waals surface area contributed by atoms with Crippen LogP contribution >= 0.6 is 23.2 Å². The summed E-state index contributed by atoms with van der Waals surface area (Å²) in [6, 6.07) is 11.7. The van der Waals surface area contributed by atoms with Gasteiger partial charge in [-0.15, -0.1) is 0 Å². The molecule has 4 atom stereocenters. The zero-order valence-corrected chi connectivity index (χ0v) is 38.1. The van der Waals surface area contributed by atoms with Crippen LogP contribution in [0, 0.1) is 23.6 Å². The van der Waals surface area contributed by atoms with E-state index in [1.54, 1.807) is 30.5 Å². The van der Waals surface area contributed by atoms with E-state index in [0.29, 0.717) is 72.8 Å². The zero-order chi connectivity index (χ0) is 44.2. The number of rotatable bonds is 8. The summed E-state index contributed by atoms with van der Waals surface area (Å²) >= 11 is 12.9. The number of halogens is 3. The zero-order valence-electron chi connectivity index (χ0n) is 36.6. The first-order chi connectivity index (χ1) is 31.0. The van der Waals surface area contributed by atoms with Gasteiger partial charge in [0.1, 0.15) is 11.2 Å². The minimum atomic E-state index is -1.23. The monoisotopic (exact) mass is 911 g/mol. The van der Waals surface area contributed by atoms with E-state index < -0.39 is 28.7 Å². The Morgan fingerprint density at radius 2 is 1.53 bits per heavy atom. The van der Waals surface area contributed by atoms with E-state index in [1.807, 2.05) is 17.2 Å². The summed E-state index contributed by atoms with van der Waals surface area (Å²) in [5, 5.41) is 9.92. The van der Waals surface area contributed by atoms with Crippen molar-refractivity contribution in [2.45, 2.75) is 119 Å². The number of carbonyl (C=O) groups is 4.